The Morgan fingerprint density at radius 1 is 1.12 bits per heavy atom. The molecular weight excluding hydrogens is 460 g/mol. The summed E-state index contributed by atoms with van der Waals surface area (Å²) in [6.45, 7) is 0.894. The minimum absolute atomic E-state index is 0. The number of phenolic OH excluding ortho intramolecular Hbond substituents is 1. The fourth-order valence-corrected chi connectivity index (χ4v) is 3.77. The number of phenols is 1. The van der Waals surface area contributed by atoms with Gasteiger partial charge in [-0.15, -0.1) is 12.4 Å². The Hall–Kier alpha value is -2.55. The molecule has 1 saturated carbocycles. The number of halogens is 3. The van der Waals surface area contributed by atoms with Gasteiger partial charge < -0.3 is 24.6 Å². The number of aromatic nitrogens is 2. The highest BCUT2D eigenvalue weighted by Crippen LogP contribution is 2.36. The third-order valence-corrected chi connectivity index (χ3v) is 5.51. The summed E-state index contributed by atoms with van der Waals surface area (Å²) in [6.07, 6.45) is 6.35. The van der Waals surface area contributed by atoms with Crippen molar-refractivity contribution in [2.45, 2.75) is 31.8 Å². The zero-order valence-electron chi connectivity index (χ0n) is 17.4. The number of aromatic hydroxyl groups is 1. The maximum absolute atomic E-state index is 14.3. The Kier molecular flexibility index (Phi) is 8.17. The minimum atomic E-state index is -0.622. The van der Waals surface area contributed by atoms with Crippen molar-refractivity contribution in [1.29, 1.82) is 0 Å². The van der Waals surface area contributed by atoms with Crippen molar-refractivity contribution in [2.24, 2.45) is 0 Å². The third kappa shape index (κ3) is 5.43. The van der Waals surface area contributed by atoms with Crippen molar-refractivity contribution < 1.29 is 23.7 Å². The van der Waals surface area contributed by atoms with Gasteiger partial charge in [-0.25, -0.2) is 14.4 Å². The molecule has 0 aliphatic heterocycles. The molecule has 0 unspecified atom stereocenters. The number of hydrogen-bond donors (Lipinski definition) is 2. The monoisotopic (exact) mass is 483 g/mol. The quantitative estimate of drug-likeness (QED) is 0.400. The molecule has 0 saturated heterocycles. The number of anilines is 2. The molecule has 0 spiro atoms. The molecule has 3 aromatic rings. The normalized spacial score (nSPS) is 13.7. The van der Waals surface area contributed by atoms with Gasteiger partial charge in [0.1, 0.15) is 30.3 Å². The van der Waals surface area contributed by atoms with E-state index in [1.165, 1.54) is 32.3 Å². The molecule has 0 bridgehead atoms. The smallest absolute Gasteiger partial charge is 0.163 e. The molecule has 4 rings (SSSR count). The van der Waals surface area contributed by atoms with Crippen LogP contribution in [0.1, 0.15) is 25.7 Å². The topological polar surface area (TPSA) is 85.7 Å². The van der Waals surface area contributed by atoms with E-state index in [1.807, 2.05) is 0 Å². The summed E-state index contributed by atoms with van der Waals surface area (Å²) < 4.78 is 31.4. The number of fused-ring (bicyclic) bond motifs is 1. The lowest BCUT2D eigenvalue weighted by Crippen LogP contribution is -2.14. The van der Waals surface area contributed by atoms with E-state index in [-0.39, 0.29) is 28.9 Å². The van der Waals surface area contributed by atoms with E-state index in [4.69, 9.17) is 25.8 Å². The summed E-state index contributed by atoms with van der Waals surface area (Å²) in [7, 11) is 1.54. The summed E-state index contributed by atoms with van der Waals surface area (Å²) in [5, 5.41) is 13.2. The summed E-state index contributed by atoms with van der Waals surface area (Å²) >= 11 is 5.75. The van der Waals surface area contributed by atoms with E-state index in [0.29, 0.717) is 47.5 Å². The first-order chi connectivity index (χ1) is 15.0. The predicted octanol–water partition coefficient (Wildman–Crippen LogP) is 5.64. The Bertz CT molecular complexity index is 1080. The van der Waals surface area contributed by atoms with E-state index in [1.54, 1.807) is 12.1 Å². The second-order valence-corrected chi connectivity index (χ2v) is 7.68. The van der Waals surface area contributed by atoms with Crippen LogP contribution in [-0.2, 0) is 4.74 Å². The van der Waals surface area contributed by atoms with E-state index >= 15 is 0 Å². The van der Waals surface area contributed by atoms with Crippen molar-refractivity contribution in [3.63, 3.8) is 0 Å². The Balaban J connectivity index is 0.00000289. The average molecular weight is 484 g/mol. The number of benzene rings is 2. The molecule has 7 nitrogen and oxygen atoms in total. The van der Waals surface area contributed by atoms with Gasteiger partial charge in [-0.05, 0) is 25.0 Å². The van der Waals surface area contributed by atoms with Crippen molar-refractivity contribution in [3.8, 4) is 17.2 Å². The molecule has 1 heterocycles. The van der Waals surface area contributed by atoms with Gasteiger partial charge in [0.25, 0.3) is 0 Å². The van der Waals surface area contributed by atoms with Crippen LogP contribution < -0.4 is 14.8 Å². The fourth-order valence-electron chi connectivity index (χ4n) is 3.62. The molecule has 1 aliphatic rings. The zero-order chi connectivity index (χ0) is 21.8. The first-order valence-corrected chi connectivity index (χ1v) is 10.4. The lowest BCUT2D eigenvalue weighted by Gasteiger charge is -2.15. The van der Waals surface area contributed by atoms with Crippen molar-refractivity contribution in [3.05, 3.63) is 41.4 Å². The number of methoxy groups -OCH3 is 1. The molecule has 10 heteroatoms. The second kappa shape index (κ2) is 10.8. The van der Waals surface area contributed by atoms with Crippen LogP contribution >= 0.6 is 24.0 Å². The molecular formula is C22H24Cl2FN3O4. The van der Waals surface area contributed by atoms with Crippen LogP contribution in [0, 0.1) is 5.82 Å². The first-order valence-electron chi connectivity index (χ1n) is 10.1. The highest BCUT2D eigenvalue weighted by atomic mass is 35.5. The molecule has 1 fully saturated rings. The maximum Gasteiger partial charge on any atom is 0.163 e. The van der Waals surface area contributed by atoms with Crippen LogP contribution in [0.5, 0.6) is 17.2 Å². The standard InChI is InChI=1S/C22H23ClFN3O4.ClH/c1-29-20-8-14-17(11-21(20)31-7-6-30-13-4-2-3-5-13)25-12-26-22(14)27-18-10-19(28)15(23)9-16(18)24;/h8-13,28H,2-7H2,1H3,(H,25,26,27);1H. The molecule has 0 atom stereocenters. The molecule has 1 aromatic heterocycles. The van der Waals surface area contributed by atoms with E-state index in [0.717, 1.165) is 18.9 Å². The molecule has 0 radical (unpaired) electrons. The number of nitrogens with one attached hydrogen (secondary N) is 1. The van der Waals surface area contributed by atoms with Gasteiger partial charge in [-0.2, -0.15) is 0 Å². The largest absolute Gasteiger partial charge is 0.506 e. The lowest BCUT2D eigenvalue weighted by molar-refractivity contribution is 0.0378. The van der Waals surface area contributed by atoms with Gasteiger partial charge in [0.2, 0.25) is 0 Å². The Morgan fingerprint density at radius 3 is 2.66 bits per heavy atom. The molecule has 0 amide bonds. The van der Waals surface area contributed by atoms with Gasteiger partial charge in [0, 0.05) is 17.5 Å². The van der Waals surface area contributed by atoms with Crippen LogP contribution in [0.4, 0.5) is 15.9 Å². The van der Waals surface area contributed by atoms with Crippen molar-refractivity contribution in [2.75, 3.05) is 25.6 Å². The molecule has 172 valence electrons. The van der Waals surface area contributed by atoms with Crippen molar-refractivity contribution in [1.82, 2.24) is 9.97 Å². The zero-order valence-corrected chi connectivity index (χ0v) is 19.0. The van der Waals surface area contributed by atoms with Crippen LogP contribution in [-0.4, -0.2) is 41.5 Å². The number of rotatable bonds is 8. The molecule has 2 aromatic carbocycles. The first kappa shape index (κ1) is 24.1. The number of nitrogens with zero attached hydrogens (tertiary/aromatic N) is 2. The summed E-state index contributed by atoms with van der Waals surface area (Å²) in [5.41, 5.74) is 0.619. The molecule has 2 N–H and O–H groups in total. The maximum atomic E-state index is 14.3. The minimum Gasteiger partial charge on any atom is -0.506 e. The Labute approximate surface area is 196 Å². The third-order valence-electron chi connectivity index (χ3n) is 5.21. The van der Waals surface area contributed by atoms with Crippen LogP contribution in [0.2, 0.25) is 5.02 Å². The van der Waals surface area contributed by atoms with Gasteiger partial charge in [0.15, 0.2) is 11.5 Å². The number of hydrogen-bond acceptors (Lipinski definition) is 7. The Morgan fingerprint density at radius 2 is 1.91 bits per heavy atom. The van der Waals surface area contributed by atoms with E-state index in [9.17, 15) is 9.50 Å². The van der Waals surface area contributed by atoms with Gasteiger partial charge >= 0.3 is 0 Å². The molecule has 1 aliphatic carbocycles. The van der Waals surface area contributed by atoms with E-state index < -0.39 is 5.82 Å². The van der Waals surface area contributed by atoms with Gasteiger partial charge in [-0.3, -0.25) is 0 Å². The SMILES string of the molecule is COc1cc2c(Nc3cc(O)c(Cl)cc3F)ncnc2cc1OCCOC1CCCC1.Cl. The second-order valence-electron chi connectivity index (χ2n) is 7.28. The van der Waals surface area contributed by atoms with E-state index in [2.05, 4.69) is 15.3 Å². The summed E-state index contributed by atoms with van der Waals surface area (Å²) in [5.74, 6) is 0.511. The predicted molar refractivity (Wildman–Crippen MR) is 123 cm³/mol. The average Bonchev–Trinajstić information content (AvgIpc) is 3.28. The van der Waals surface area contributed by atoms with Gasteiger partial charge in [0.05, 0.1) is 36.0 Å². The number of ether oxygens (including phenoxy) is 3. The lowest BCUT2D eigenvalue weighted by atomic mass is 10.2. The highest BCUT2D eigenvalue weighted by molar-refractivity contribution is 6.32. The van der Waals surface area contributed by atoms with Gasteiger partial charge in [-0.1, -0.05) is 24.4 Å². The fraction of sp³-hybridized carbons (Fsp3) is 0.364. The van der Waals surface area contributed by atoms with Crippen LogP contribution in [0.25, 0.3) is 10.9 Å². The summed E-state index contributed by atoms with van der Waals surface area (Å²) in [6, 6.07) is 5.69. The highest BCUT2D eigenvalue weighted by Gasteiger charge is 2.16. The summed E-state index contributed by atoms with van der Waals surface area (Å²) in [4.78, 5) is 8.48. The van der Waals surface area contributed by atoms with Crippen LogP contribution in [0.15, 0.2) is 30.6 Å². The van der Waals surface area contributed by atoms with Crippen LogP contribution in [0.3, 0.4) is 0 Å². The molecule has 32 heavy (non-hydrogen) atoms. The van der Waals surface area contributed by atoms with Crippen molar-refractivity contribution >= 4 is 46.4 Å².